The predicted molar refractivity (Wildman–Crippen MR) is 168 cm³/mol. The Labute approximate surface area is 253 Å². The molecule has 9 nitrogen and oxygen atoms in total. The first-order valence-electron chi connectivity index (χ1n) is 14.3. The molecule has 0 saturated carbocycles. The van der Waals surface area contributed by atoms with Crippen molar-refractivity contribution < 1.29 is 9.59 Å². The molecule has 0 aliphatic carbocycles. The molecule has 6 rings (SSSR count). The summed E-state index contributed by atoms with van der Waals surface area (Å²) in [4.78, 5) is 49.4. The second-order valence-electron chi connectivity index (χ2n) is 10.6. The van der Waals surface area contributed by atoms with E-state index >= 15 is 0 Å². The molecule has 3 aromatic heterocycles. The van der Waals surface area contributed by atoms with Gasteiger partial charge >= 0.3 is 0 Å². The van der Waals surface area contributed by atoms with Gasteiger partial charge in [0, 0.05) is 61.8 Å². The molecule has 0 radical (unpaired) electrons. The number of pyridine rings is 2. The maximum atomic E-state index is 13.9. The van der Waals surface area contributed by atoms with Crippen LogP contribution in [0.15, 0.2) is 83.8 Å². The summed E-state index contributed by atoms with van der Waals surface area (Å²) in [5.41, 5.74) is 2.39. The monoisotopic (exact) mass is 594 g/mol. The predicted octanol–water partition coefficient (Wildman–Crippen LogP) is 5.05. The van der Waals surface area contributed by atoms with Crippen molar-refractivity contribution in [1.29, 1.82) is 0 Å². The second-order valence-corrected chi connectivity index (χ2v) is 11.0. The number of piperazine rings is 1. The lowest BCUT2D eigenvalue weighted by Crippen LogP contribution is -2.49. The first-order chi connectivity index (χ1) is 20.9. The number of benzene rings is 2. The minimum absolute atomic E-state index is 0.0346. The smallest absolute Gasteiger partial charge is 0.272 e. The van der Waals surface area contributed by atoms with Crippen LogP contribution < -0.4 is 10.5 Å². The number of ketones is 1. The Bertz CT molecular complexity index is 1880. The van der Waals surface area contributed by atoms with Crippen molar-refractivity contribution in [2.45, 2.75) is 19.9 Å². The van der Waals surface area contributed by atoms with E-state index in [1.54, 1.807) is 49.1 Å². The standard InChI is InChI=1S/C33H31ClN6O3/c1-3-28(41)31-30(22-9-5-4-6-10-22)26-19-23(34)12-13-25(26)32(42)40(31)21-24-20-27(37(2)36-24)33(43)39-17-15-38(16-18-39)29-11-7-8-14-35-29/h4-14,19-20H,3,15-18,21H2,1-2H3. The molecule has 1 amide bonds. The lowest BCUT2D eigenvalue weighted by atomic mass is 9.94. The molecule has 5 aromatic rings. The van der Waals surface area contributed by atoms with Gasteiger partial charge in [0.25, 0.3) is 11.5 Å². The largest absolute Gasteiger partial charge is 0.353 e. The minimum Gasteiger partial charge on any atom is -0.353 e. The fourth-order valence-corrected chi connectivity index (χ4v) is 5.90. The highest BCUT2D eigenvalue weighted by Gasteiger charge is 2.27. The van der Waals surface area contributed by atoms with E-state index in [9.17, 15) is 14.4 Å². The number of rotatable bonds is 7. The fraction of sp³-hybridized carbons (Fsp3) is 0.242. The number of hydrogen-bond acceptors (Lipinski definition) is 6. The molecule has 1 saturated heterocycles. The summed E-state index contributed by atoms with van der Waals surface area (Å²) in [6, 6.07) is 22.2. The number of amides is 1. The van der Waals surface area contributed by atoms with Crippen molar-refractivity contribution in [1.82, 2.24) is 24.2 Å². The van der Waals surface area contributed by atoms with Gasteiger partial charge < -0.3 is 9.80 Å². The number of aromatic nitrogens is 4. The molecule has 2 aromatic carbocycles. The van der Waals surface area contributed by atoms with Crippen molar-refractivity contribution in [2.24, 2.45) is 7.05 Å². The Morgan fingerprint density at radius 1 is 0.907 bits per heavy atom. The number of anilines is 1. The second kappa shape index (κ2) is 11.9. The van der Waals surface area contributed by atoms with E-state index in [-0.39, 0.29) is 30.2 Å². The molecule has 4 heterocycles. The van der Waals surface area contributed by atoms with Gasteiger partial charge in [0.15, 0.2) is 5.78 Å². The third-order valence-electron chi connectivity index (χ3n) is 7.89. The summed E-state index contributed by atoms with van der Waals surface area (Å²) in [5, 5.41) is 6.16. The molecule has 218 valence electrons. The molecule has 0 unspecified atom stereocenters. The molecule has 1 aliphatic rings. The maximum absolute atomic E-state index is 13.9. The molecule has 0 atom stereocenters. The van der Waals surface area contributed by atoms with Crippen LogP contribution in [-0.4, -0.2) is 62.1 Å². The van der Waals surface area contributed by atoms with Crippen molar-refractivity contribution >= 4 is 39.9 Å². The first-order valence-corrected chi connectivity index (χ1v) is 14.7. The SMILES string of the molecule is CCC(=O)c1c(-c2ccccc2)c2cc(Cl)ccc2c(=O)n1Cc1cc(C(=O)N2CCN(c3ccccn3)CC2)n(C)n1. The van der Waals surface area contributed by atoms with Gasteiger partial charge in [-0.3, -0.25) is 23.6 Å². The van der Waals surface area contributed by atoms with Crippen molar-refractivity contribution in [3.05, 3.63) is 111 Å². The average Bonchev–Trinajstić information content (AvgIpc) is 3.41. The van der Waals surface area contributed by atoms with E-state index in [4.69, 9.17) is 11.6 Å². The summed E-state index contributed by atoms with van der Waals surface area (Å²) in [7, 11) is 1.72. The van der Waals surface area contributed by atoms with Gasteiger partial charge in [-0.1, -0.05) is 54.9 Å². The van der Waals surface area contributed by atoms with E-state index < -0.39 is 0 Å². The topological polar surface area (TPSA) is 93.3 Å². The number of carbonyl (C=O) groups excluding carboxylic acids is 2. The summed E-state index contributed by atoms with van der Waals surface area (Å²) in [6.07, 6.45) is 1.98. The van der Waals surface area contributed by atoms with Gasteiger partial charge in [-0.15, -0.1) is 0 Å². The van der Waals surface area contributed by atoms with Crippen LogP contribution in [-0.2, 0) is 13.6 Å². The molecular formula is C33H31ClN6O3. The Kier molecular flexibility index (Phi) is 7.82. The van der Waals surface area contributed by atoms with E-state index in [0.29, 0.717) is 64.6 Å². The van der Waals surface area contributed by atoms with Crippen LogP contribution in [0.4, 0.5) is 5.82 Å². The molecule has 0 bridgehead atoms. The number of fused-ring (bicyclic) bond motifs is 1. The number of Topliss-reactive ketones (excluding diaryl/α,β-unsaturated/α-hetero) is 1. The average molecular weight is 595 g/mol. The van der Waals surface area contributed by atoms with E-state index in [0.717, 1.165) is 11.4 Å². The molecule has 1 aliphatic heterocycles. The summed E-state index contributed by atoms with van der Waals surface area (Å²) in [6.45, 7) is 4.27. The van der Waals surface area contributed by atoms with Gasteiger partial charge in [-0.25, -0.2) is 4.98 Å². The van der Waals surface area contributed by atoms with Crippen LogP contribution >= 0.6 is 11.6 Å². The highest BCUT2D eigenvalue weighted by atomic mass is 35.5. The number of halogens is 1. The van der Waals surface area contributed by atoms with E-state index in [1.165, 1.54) is 4.57 Å². The normalized spacial score (nSPS) is 13.5. The zero-order valence-electron chi connectivity index (χ0n) is 24.0. The third-order valence-corrected chi connectivity index (χ3v) is 8.13. The van der Waals surface area contributed by atoms with Crippen LogP contribution in [0.25, 0.3) is 21.9 Å². The quantitative estimate of drug-likeness (QED) is 0.245. The van der Waals surface area contributed by atoms with Crippen LogP contribution in [0.3, 0.4) is 0 Å². The van der Waals surface area contributed by atoms with Gasteiger partial charge in [0.1, 0.15) is 11.5 Å². The van der Waals surface area contributed by atoms with E-state index in [1.807, 2.05) is 53.4 Å². The van der Waals surface area contributed by atoms with Gasteiger partial charge in [0.2, 0.25) is 0 Å². The zero-order valence-corrected chi connectivity index (χ0v) is 24.8. The summed E-state index contributed by atoms with van der Waals surface area (Å²) >= 11 is 6.37. The maximum Gasteiger partial charge on any atom is 0.272 e. The Morgan fingerprint density at radius 3 is 2.35 bits per heavy atom. The van der Waals surface area contributed by atoms with Gasteiger partial charge in [-0.2, -0.15) is 5.10 Å². The fourth-order valence-electron chi connectivity index (χ4n) is 5.73. The van der Waals surface area contributed by atoms with Crippen LogP contribution in [0.5, 0.6) is 0 Å². The van der Waals surface area contributed by atoms with Crippen molar-refractivity contribution in [2.75, 3.05) is 31.1 Å². The Balaban J connectivity index is 1.36. The van der Waals surface area contributed by atoms with Crippen LogP contribution in [0.2, 0.25) is 5.02 Å². The highest BCUT2D eigenvalue weighted by molar-refractivity contribution is 6.31. The molecule has 43 heavy (non-hydrogen) atoms. The zero-order chi connectivity index (χ0) is 30.1. The Morgan fingerprint density at radius 2 is 1.65 bits per heavy atom. The van der Waals surface area contributed by atoms with Gasteiger partial charge in [-0.05, 0) is 47.3 Å². The Hall–Kier alpha value is -4.76. The van der Waals surface area contributed by atoms with Crippen molar-refractivity contribution in [3.8, 4) is 11.1 Å². The summed E-state index contributed by atoms with van der Waals surface area (Å²) in [5.74, 6) is 0.598. The highest BCUT2D eigenvalue weighted by Crippen LogP contribution is 2.33. The summed E-state index contributed by atoms with van der Waals surface area (Å²) < 4.78 is 3.04. The van der Waals surface area contributed by atoms with Crippen LogP contribution in [0, 0.1) is 0 Å². The number of nitrogens with zero attached hydrogens (tertiary/aromatic N) is 6. The lowest BCUT2D eigenvalue weighted by molar-refractivity contribution is 0.0735. The molecule has 1 fully saturated rings. The molecule has 0 spiro atoms. The van der Waals surface area contributed by atoms with E-state index in [2.05, 4.69) is 15.0 Å². The lowest BCUT2D eigenvalue weighted by Gasteiger charge is -2.35. The van der Waals surface area contributed by atoms with Gasteiger partial charge in [0.05, 0.1) is 17.9 Å². The van der Waals surface area contributed by atoms with Crippen molar-refractivity contribution in [3.63, 3.8) is 0 Å². The molecule has 0 N–H and O–H groups in total. The third kappa shape index (κ3) is 5.44. The number of carbonyl (C=O) groups is 2. The number of aryl methyl sites for hydroxylation is 1. The first kappa shape index (κ1) is 28.4. The molecular weight excluding hydrogens is 564 g/mol. The minimum atomic E-state index is -0.313. The number of hydrogen-bond donors (Lipinski definition) is 0. The molecule has 10 heteroatoms. The van der Waals surface area contributed by atoms with Crippen LogP contribution in [0.1, 0.15) is 40.0 Å².